The molecule has 0 amide bonds. The molecule has 0 fully saturated rings. The molecule has 0 aromatic heterocycles. The summed E-state index contributed by atoms with van der Waals surface area (Å²) >= 11 is 0. The Hall–Kier alpha value is -2.09. The van der Waals surface area contributed by atoms with E-state index in [-0.39, 0.29) is 5.97 Å². The predicted octanol–water partition coefficient (Wildman–Crippen LogP) is 9.49. The van der Waals surface area contributed by atoms with Gasteiger partial charge in [0.25, 0.3) is 0 Å². The third kappa shape index (κ3) is 12.1. The number of ether oxygens (including phenoxy) is 1. The molecule has 0 aliphatic rings. The second-order valence-corrected chi connectivity index (χ2v) is 9.47. The smallest absolute Gasteiger partial charge is 0.343 e. The molecule has 0 aliphatic carbocycles. The minimum Gasteiger partial charge on any atom is -0.423 e. The van der Waals surface area contributed by atoms with Gasteiger partial charge in [0.1, 0.15) is 5.75 Å². The summed E-state index contributed by atoms with van der Waals surface area (Å²) in [5.74, 6) is 0.340. The number of aryl methyl sites for hydroxylation is 2. The summed E-state index contributed by atoms with van der Waals surface area (Å²) < 4.78 is 5.58. The Kier molecular flexibility index (Phi) is 14.3. The quantitative estimate of drug-likeness (QED) is 0.128. The number of benzene rings is 2. The van der Waals surface area contributed by atoms with Crippen molar-refractivity contribution in [3.8, 4) is 5.75 Å². The zero-order valence-corrected chi connectivity index (χ0v) is 21.2. The highest BCUT2D eigenvalue weighted by molar-refractivity contribution is 5.91. The molecule has 0 heterocycles. The van der Waals surface area contributed by atoms with E-state index in [1.807, 2.05) is 24.3 Å². The first-order valence-electron chi connectivity index (χ1n) is 13.6. The molecule has 2 aromatic carbocycles. The van der Waals surface area contributed by atoms with Crippen LogP contribution >= 0.6 is 0 Å². The molecule has 0 saturated heterocycles. The molecule has 33 heavy (non-hydrogen) atoms. The molecule has 2 heteroatoms. The molecule has 2 aromatic rings. The summed E-state index contributed by atoms with van der Waals surface area (Å²) in [4.78, 5) is 12.5. The van der Waals surface area contributed by atoms with Gasteiger partial charge in [-0.05, 0) is 61.1 Å². The van der Waals surface area contributed by atoms with Gasteiger partial charge < -0.3 is 4.74 Å². The third-order valence-corrected chi connectivity index (χ3v) is 6.46. The molecule has 2 nitrogen and oxygen atoms in total. The summed E-state index contributed by atoms with van der Waals surface area (Å²) in [7, 11) is 0. The van der Waals surface area contributed by atoms with Crippen molar-refractivity contribution in [2.45, 2.75) is 117 Å². The average Bonchev–Trinajstić information content (AvgIpc) is 2.84. The Bertz CT molecular complexity index is 745. The van der Waals surface area contributed by atoms with Crippen molar-refractivity contribution < 1.29 is 9.53 Å². The average molecular weight is 451 g/mol. The van der Waals surface area contributed by atoms with Crippen LogP contribution in [-0.2, 0) is 12.8 Å². The van der Waals surface area contributed by atoms with E-state index in [1.54, 1.807) is 0 Å². The topological polar surface area (TPSA) is 26.3 Å². The fourth-order valence-electron chi connectivity index (χ4n) is 4.27. The Labute approximate surface area is 203 Å². The number of hydrogen-bond acceptors (Lipinski definition) is 2. The minimum absolute atomic E-state index is 0.280. The van der Waals surface area contributed by atoms with Crippen molar-refractivity contribution >= 4 is 5.97 Å². The highest BCUT2D eigenvalue weighted by Crippen LogP contribution is 2.18. The lowest BCUT2D eigenvalue weighted by Crippen LogP contribution is -2.08. The molecule has 0 radical (unpaired) electrons. The standard InChI is InChI=1S/C31H46O2/c1-3-5-7-9-11-12-14-16-17-27-19-23-29(24-20-27)31(32)33-30-25-21-28(22-26-30)18-15-13-10-8-6-4-2/h19-26H,3-18H2,1-2H3. The van der Waals surface area contributed by atoms with Gasteiger partial charge in [-0.15, -0.1) is 0 Å². The van der Waals surface area contributed by atoms with Crippen LogP contribution in [0.1, 0.15) is 125 Å². The van der Waals surface area contributed by atoms with Crippen molar-refractivity contribution in [3.63, 3.8) is 0 Å². The molecule has 0 aliphatic heterocycles. The lowest BCUT2D eigenvalue weighted by Gasteiger charge is -2.07. The van der Waals surface area contributed by atoms with E-state index in [1.165, 1.54) is 101 Å². The van der Waals surface area contributed by atoms with Crippen LogP contribution in [0.15, 0.2) is 48.5 Å². The Morgan fingerprint density at radius 1 is 0.545 bits per heavy atom. The Morgan fingerprint density at radius 3 is 1.39 bits per heavy atom. The monoisotopic (exact) mass is 450 g/mol. The molecule has 0 spiro atoms. The van der Waals surface area contributed by atoms with Gasteiger partial charge in [0.15, 0.2) is 0 Å². The summed E-state index contributed by atoms with van der Waals surface area (Å²) in [6.07, 6.45) is 20.7. The van der Waals surface area contributed by atoms with Gasteiger partial charge >= 0.3 is 5.97 Å². The highest BCUT2D eigenvalue weighted by Gasteiger charge is 2.09. The van der Waals surface area contributed by atoms with E-state index in [4.69, 9.17) is 4.74 Å². The first-order valence-corrected chi connectivity index (χ1v) is 13.6. The van der Waals surface area contributed by atoms with Crippen LogP contribution < -0.4 is 4.74 Å². The van der Waals surface area contributed by atoms with Gasteiger partial charge in [0, 0.05) is 0 Å². The highest BCUT2D eigenvalue weighted by atomic mass is 16.5. The number of carbonyl (C=O) groups excluding carboxylic acids is 1. The van der Waals surface area contributed by atoms with Crippen LogP contribution in [0.2, 0.25) is 0 Å². The zero-order valence-electron chi connectivity index (χ0n) is 21.2. The lowest BCUT2D eigenvalue weighted by atomic mass is 10.0. The fraction of sp³-hybridized carbons (Fsp3) is 0.581. The third-order valence-electron chi connectivity index (χ3n) is 6.46. The molecule has 0 N–H and O–H groups in total. The largest absolute Gasteiger partial charge is 0.423 e. The van der Waals surface area contributed by atoms with Crippen molar-refractivity contribution in [1.82, 2.24) is 0 Å². The first kappa shape index (κ1) is 27.2. The Balaban J connectivity index is 1.65. The molecule has 2 rings (SSSR count). The van der Waals surface area contributed by atoms with Crippen LogP contribution in [0.5, 0.6) is 5.75 Å². The van der Waals surface area contributed by atoms with E-state index in [2.05, 4.69) is 38.1 Å². The lowest BCUT2D eigenvalue weighted by molar-refractivity contribution is 0.0734. The van der Waals surface area contributed by atoms with Crippen molar-refractivity contribution in [2.24, 2.45) is 0 Å². The molecule has 0 atom stereocenters. The molecule has 0 bridgehead atoms. The number of esters is 1. The second-order valence-electron chi connectivity index (χ2n) is 9.47. The molecule has 0 saturated carbocycles. The molecule has 0 unspecified atom stereocenters. The summed E-state index contributed by atoms with van der Waals surface area (Å²) in [6, 6.07) is 15.9. The summed E-state index contributed by atoms with van der Waals surface area (Å²) in [5.41, 5.74) is 3.23. The van der Waals surface area contributed by atoms with Gasteiger partial charge in [-0.1, -0.05) is 115 Å². The van der Waals surface area contributed by atoms with Crippen LogP contribution in [0.25, 0.3) is 0 Å². The van der Waals surface area contributed by atoms with Gasteiger partial charge in [-0.3, -0.25) is 0 Å². The van der Waals surface area contributed by atoms with E-state index < -0.39 is 0 Å². The fourth-order valence-corrected chi connectivity index (χ4v) is 4.27. The van der Waals surface area contributed by atoms with Gasteiger partial charge in [-0.25, -0.2) is 4.79 Å². The maximum Gasteiger partial charge on any atom is 0.343 e. The Morgan fingerprint density at radius 2 is 0.939 bits per heavy atom. The van der Waals surface area contributed by atoms with E-state index in [0.29, 0.717) is 11.3 Å². The molecule has 182 valence electrons. The predicted molar refractivity (Wildman–Crippen MR) is 141 cm³/mol. The first-order chi connectivity index (χ1) is 16.2. The van der Waals surface area contributed by atoms with E-state index in [0.717, 1.165) is 12.8 Å². The van der Waals surface area contributed by atoms with Crippen LogP contribution in [-0.4, -0.2) is 5.97 Å². The number of carbonyl (C=O) groups is 1. The SMILES string of the molecule is CCCCCCCCCCc1ccc(C(=O)Oc2ccc(CCCCCCCC)cc2)cc1. The maximum absolute atomic E-state index is 12.5. The van der Waals surface area contributed by atoms with E-state index in [9.17, 15) is 4.79 Å². The summed E-state index contributed by atoms with van der Waals surface area (Å²) in [6.45, 7) is 4.52. The van der Waals surface area contributed by atoms with Crippen LogP contribution in [0.3, 0.4) is 0 Å². The number of rotatable bonds is 18. The van der Waals surface area contributed by atoms with E-state index >= 15 is 0 Å². The van der Waals surface area contributed by atoms with Crippen molar-refractivity contribution in [2.75, 3.05) is 0 Å². The maximum atomic E-state index is 12.5. The normalized spacial score (nSPS) is 11.0. The van der Waals surface area contributed by atoms with Crippen LogP contribution in [0, 0.1) is 0 Å². The summed E-state index contributed by atoms with van der Waals surface area (Å²) in [5, 5.41) is 0. The van der Waals surface area contributed by atoms with Crippen molar-refractivity contribution in [1.29, 1.82) is 0 Å². The molecular formula is C31H46O2. The minimum atomic E-state index is -0.280. The van der Waals surface area contributed by atoms with Crippen molar-refractivity contribution in [3.05, 3.63) is 65.2 Å². The number of hydrogen-bond donors (Lipinski definition) is 0. The van der Waals surface area contributed by atoms with Crippen LogP contribution in [0.4, 0.5) is 0 Å². The van der Waals surface area contributed by atoms with Gasteiger partial charge in [0.2, 0.25) is 0 Å². The second kappa shape index (κ2) is 17.4. The number of unbranched alkanes of at least 4 members (excludes halogenated alkanes) is 12. The molecular weight excluding hydrogens is 404 g/mol. The van der Waals surface area contributed by atoms with Gasteiger partial charge in [-0.2, -0.15) is 0 Å². The van der Waals surface area contributed by atoms with Gasteiger partial charge in [0.05, 0.1) is 5.56 Å². The zero-order chi connectivity index (χ0) is 23.6.